The third kappa shape index (κ3) is 5.04. The first-order valence-corrected chi connectivity index (χ1v) is 10.5. The monoisotopic (exact) mass is 438 g/mol. The summed E-state index contributed by atoms with van der Waals surface area (Å²) in [4.78, 5) is 25.8. The van der Waals surface area contributed by atoms with Crippen molar-refractivity contribution in [2.24, 2.45) is 5.10 Å². The molecule has 0 unspecified atom stereocenters. The molecule has 0 aliphatic rings. The van der Waals surface area contributed by atoms with Gasteiger partial charge in [0.15, 0.2) is 0 Å². The third-order valence-corrected chi connectivity index (χ3v) is 4.89. The number of rotatable bonds is 7. The molecule has 1 heterocycles. The lowest BCUT2D eigenvalue weighted by Gasteiger charge is -2.12. The molecule has 7 nitrogen and oxygen atoms in total. The maximum atomic E-state index is 13.1. The van der Waals surface area contributed by atoms with Gasteiger partial charge in [-0.1, -0.05) is 60.7 Å². The molecule has 33 heavy (non-hydrogen) atoms. The van der Waals surface area contributed by atoms with Crippen LogP contribution in [0, 0.1) is 0 Å². The molecule has 0 bridgehead atoms. The molecular formula is C26H22N4O3. The minimum absolute atomic E-state index is 0.0566. The van der Waals surface area contributed by atoms with E-state index in [0.717, 1.165) is 16.9 Å². The maximum Gasteiger partial charge on any atom is 0.277 e. The molecule has 0 spiro atoms. The van der Waals surface area contributed by atoms with Gasteiger partial charge in [0.05, 0.1) is 18.5 Å². The molecular weight excluding hydrogens is 416 g/mol. The average molecular weight is 438 g/mol. The molecule has 0 saturated heterocycles. The SMILES string of the molecule is CCOc1ccc(/C=N/NC(=O)c2c(-c3ccccc3)c(-c3ccccc3)n[nH]c2=O)cc1. The lowest BCUT2D eigenvalue weighted by atomic mass is 9.95. The van der Waals surface area contributed by atoms with Crippen molar-refractivity contribution in [1.29, 1.82) is 0 Å². The number of nitrogens with one attached hydrogen (secondary N) is 2. The van der Waals surface area contributed by atoms with E-state index in [-0.39, 0.29) is 5.56 Å². The van der Waals surface area contributed by atoms with Crippen LogP contribution in [0.1, 0.15) is 22.8 Å². The van der Waals surface area contributed by atoms with Crippen molar-refractivity contribution >= 4 is 12.1 Å². The Hall–Kier alpha value is -4.52. The summed E-state index contributed by atoms with van der Waals surface area (Å²) in [5.74, 6) is 0.125. The first-order chi connectivity index (χ1) is 16.2. The largest absolute Gasteiger partial charge is 0.494 e. The third-order valence-electron chi connectivity index (χ3n) is 4.89. The molecule has 7 heteroatoms. The van der Waals surface area contributed by atoms with E-state index in [4.69, 9.17) is 4.74 Å². The van der Waals surface area contributed by atoms with Crippen LogP contribution in [0.2, 0.25) is 0 Å². The number of carbonyl (C=O) groups is 1. The number of aromatic amines is 1. The first kappa shape index (κ1) is 21.7. The van der Waals surface area contributed by atoms with Gasteiger partial charge in [-0.3, -0.25) is 9.59 Å². The minimum Gasteiger partial charge on any atom is -0.494 e. The van der Waals surface area contributed by atoms with E-state index >= 15 is 0 Å². The Morgan fingerprint density at radius 3 is 2.24 bits per heavy atom. The van der Waals surface area contributed by atoms with Crippen LogP contribution in [0.15, 0.2) is 94.8 Å². The second-order valence-electron chi connectivity index (χ2n) is 7.08. The highest BCUT2D eigenvalue weighted by molar-refractivity contribution is 6.03. The van der Waals surface area contributed by atoms with E-state index < -0.39 is 11.5 Å². The number of hydrogen-bond acceptors (Lipinski definition) is 5. The van der Waals surface area contributed by atoms with Gasteiger partial charge in [0, 0.05) is 11.1 Å². The van der Waals surface area contributed by atoms with E-state index in [9.17, 15) is 9.59 Å². The Balaban J connectivity index is 1.69. The Morgan fingerprint density at radius 2 is 1.61 bits per heavy atom. The molecule has 0 aliphatic carbocycles. The second kappa shape index (κ2) is 10.2. The van der Waals surface area contributed by atoms with Crippen molar-refractivity contribution in [3.63, 3.8) is 0 Å². The van der Waals surface area contributed by atoms with Crippen LogP contribution in [0.3, 0.4) is 0 Å². The summed E-state index contributed by atoms with van der Waals surface area (Å²) in [5, 5.41) is 10.7. The summed E-state index contributed by atoms with van der Waals surface area (Å²) in [7, 11) is 0. The molecule has 3 aromatic carbocycles. The second-order valence-corrected chi connectivity index (χ2v) is 7.08. The smallest absolute Gasteiger partial charge is 0.277 e. The van der Waals surface area contributed by atoms with Crippen LogP contribution >= 0.6 is 0 Å². The lowest BCUT2D eigenvalue weighted by Crippen LogP contribution is -2.28. The van der Waals surface area contributed by atoms with Gasteiger partial charge in [0.1, 0.15) is 11.3 Å². The van der Waals surface area contributed by atoms with Crippen molar-refractivity contribution < 1.29 is 9.53 Å². The van der Waals surface area contributed by atoms with Crippen molar-refractivity contribution in [3.8, 4) is 28.1 Å². The minimum atomic E-state index is -0.628. The van der Waals surface area contributed by atoms with Gasteiger partial charge in [-0.15, -0.1) is 0 Å². The summed E-state index contributed by atoms with van der Waals surface area (Å²) < 4.78 is 5.42. The Kier molecular flexibility index (Phi) is 6.70. The first-order valence-electron chi connectivity index (χ1n) is 10.5. The topological polar surface area (TPSA) is 96.4 Å². The fourth-order valence-electron chi connectivity index (χ4n) is 3.40. The highest BCUT2D eigenvalue weighted by Gasteiger charge is 2.22. The molecule has 0 radical (unpaired) electrons. The van der Waals surface area contributed by atoms with Crippen molar-refractivity contribution in [3.05, 3.63) is 106 Å². The van der Waals surface area contributed by atoms with E-state index in [1.165, 1.54) is 6.21 Å². The fourth-order valence-corrected chi connectivity index (χ4v) is 3.40. The summed E-state index contributed by atoms with van der Waals surface area (Å²) in [6, 6.07) is 25.9. The number of nitrogens with zero attached hydrogens (tertiary/aromatic N) is 2. The number of aromatic nitrogens is 2. The number of carbonyl (C=O) groups excluding carboxylic acids is 1. The Bertz CT molecular complexity index is 1320. The zero-order valence-electron chi connectivity index (χ0n) is 18.0. The molecule has 1 aromatic heterocycles. The quantitative estimate of drug-likeness (QED) is 0.333. The summed E-state index contributed by atoms with van der Waals surface area (Å²) >= 11 is 0. The van der Waals surface area contributed by atoms with Gasteiger partial charge in [0.25, 0.3) is 11.5 Å². The molecule has 2 N–H and O–H groups in total. The molecule has 0 atom stereocenters. The van der Waals surface area contributed by atoms with Gasteiger partial charge < -0.3 is 4.74 Å². The molecule has 0 saturated carbocycles. The Morgan fingerprint density at radius 1 is 0.970 bits per heavy atom. The van der Waals surface area contributed by atoms with E-state index in [1.807, 2.05) is 91.9 Å². The molecule has 4 aromatic rings. The zero-order valence-corrected chi connectivity index (χ0v) is 18.0. The van der Waals surface area contributed by atoms with Crippen molar-refractivity contribution in [2.45, 2.75) is 6.92 Å². The number of ether oxygens (including phenoxy) is 1. The summed E-state index contributed by atoms with van der Waals surface area (Å²) in [5.41, 5.74) is 5.02. The number of hydrogen-bond donors (Lipinski definition) is 2. The maximum absolute atomic E-state index is 13.1. The van der Waals surface area contributed by atoms with E-state index in [1.54, 1.807) is 0 Å². The van der Waals surface area contributed by atoms with Gasteiger partial charge in [-0.2, -0.15) is 10.2 Å². The standard InChI is InChI=1S/C26H22N4O3/c1-2-33-21-15-13-18(14-16-21)17-27-29-25(31)23-22(19-9-5-3-6-10-19)24(28-30-26(23)32)20-11-7-4-8-12-20/h3-17H,2H2,1H3,(H,29,31)(H,30,32)/b27-17+. The molecule has 4 rings (SSSR count). The predicted molar refractivity (Wildman–Crippen MR) is 128 cm³/mol. The lowest BCUT2D eigenvalue weighted by molar-refractivity contribution is 0.0954. The summed E-state index contributed by atoms with van der Waals surface area (Å²) in [6.07, 6.45) is 1.50. The van der Waals surface area contributed by atoms with E-state index in [0.29, 0.717) is 23.4 Å². The molecule has 0 fully saturated rings. The van der Waals surface area contributed by atoms with Crippen LogP contribution in [0.5, 0.6) is 5.75 Å². The van der Waals surface area contributed by atoms with Gasteiger partial charge in [-0.05, 0) is 42.3 Å². The molecule has 1 amide bonds. The fraction of sp³-hybridized carbons (Fsp3) is 0.0769. The Labute approximate surface area is 190 Å². The molecule has 0 aliphatic heterocycles. The van der Waals surface area contributed by atoms with Crippen LogP contribution in [-0.4, -0.2) is 28.9 Å². The van der Waals surface area contributed by atoms with Gasteiger partial charge >= 0.3 is 0 Å². The number of hydrazone groups is 1. The highest BCUT2D eigenvalue weighted by Crippen LogP contribution is 2.31. The predicted octanol–water partition coefficient (Wildman–Crippen LogP) is 4.27. The summed E-state index contributed by atoms with van der Waals surface area (Å²) in [6.45, 7) is 2.50. The van der Waals surface area contributed by atoms with Crippen LogP contribution in [-0.2, 0) is 0 Å². The van der Waals surface area contributed by atoms with Crippen LogP contribution in [0.25, 0.3) is 22.4 Å². The average Bonchev–Trinajstić information content (AvgIpc) is 2.86. The normalized spacial score (nSPS) is 10.8. The van der Waals surface area contributed by atoms with Gasteiger partial charge in [0.2, 0.25) is 0 Å². The van der Waals surface area contributed by atoms with Gasteiger partial charge in [-0.25, -0.2) is 10.5 Å². The highest BCUT2D eigenvalue weighted by atomic mass is 16.5. The van der Waals surface area contributed by atoms with Crippen LogP contribution < -0.4 is 15.7 Å². The van der Waals surface area contributed by atoms with E-state index in [2.05, 4.69) is 20.7 Å². The molecule has 164 valence electrons. The van der Waals surface area contributed by atoms with Crippen molar-refractivity contribution in [1.82, 2.24) is 15.6 Å². The number of benzene rings is 3. The zero-order chi connectivity index (χ0) is 23.0. The number of H-pyrrole nitrogens is 1. The number of amides is 1. The van der Waals surface area contributed by atoms with Crippen molar-refractivity contribution in [2.75, 3.05) is 6.61 Å². The van der Waals surface area contributed by atoms with Crippen LogP contribution in [0.4, 0.5) is 0 Å².